The second kappa shape index (κ2) is 13.8. The van der Waals surface area contributed by atoms with E-state index in [-0.39, 0.29) is 30.2 Å². The maximum absolute atomic E-state index is 13.8. The van der Waals surface area contributed by atoms with E-state index in [4.69, 9.17) is 14.6 Å². The Balaban J connectivity index is 1.24. The average molecular weight is 639 g/mol. The van der Waals surface area contributed by atoms with Crippen molar-refractivity contribution >= 4 is 40.6 Å². The van der Waals surface area contributed by atoms with Crippen LogP contribution in [0, 0.1) is 0 Å². The number of carbonyl (C=O) groups is 2. The van der Waals surface area contributed by atoms with E-state index in [1.165, 1.54) is 23.1 Å². The molecule has 12 heteroatoms. The van der Waals surface area contributed by atoms with Crippen molar-refractivity contribution in [3.63, 3.8) is 0 Å². The number of thioether (sulfide) groups is 1. The third-order valence-corrected chi connectivity index (χ3v) is 9.06. The zero-order valence-corrected chi connectivity index (χ0v) is 26.3. The van der Waals surface area contributed by atoms with Gasteiger partial charge in [-0.05, 0) is 71.1 Å². The Kier molecular flexibility index (Phi) is 9.22. The lowest BCUT2D eigenvalue weighted by molar-refractivity contribution is -0.130. The quantitative estimate of drug-likeness (QED) is 0.184. The number of rotatable bonds is 11. The van der Waals surface area contributed by atoms with Crippen LogP contribution in [0.2, 0.25) is 0 Å². The fourth-order valence-electron chi connectivity index (χ4n) is 4.98. The van der Waals surface area contributed by atoms with Crippen molar-refractivity contribution in [1.82, 2.24) is 25.1 Å². The molecule has 0 radical (unpaired) electrons. The lowest BCUT2D eigenvalue weighted by Gasteiger charge is -2.22. The number of methoxy groups -OCH3 is 2. The van der Waals surface area contributed by atoms with Crippen LogP contribution in [0.4, 0.5) is 0 Å². The zero-order chi connectivity index (χ0) is 31.2. The van der Waals surface area contributed by atoms with Crippen molar-refractivity contribution in [3.8, 4) is 17.2 Å². The van der Waals surface area contributed by atoms with Crippen LogP contribution >= 0.6 is 23.1 Å². The van der Waals surface area contributed by atoms with Gasteiger partial charge in [-0.15, -0.1) is 21.5 Å². The summed E-state index contributed by atoms with van der Waals surface area (Å²) in [6.45, 7) is 0.175. The molecule has 0 saturated heterocycles. The van der Waals surface area contributed by atoms with Gasteiger partial charge in [-0.1, -0.05) is 48.2 Å². The topological polar surface area (TPSA) is 111 Å². The van der Waals surface area contributed by atoms with Gasteiger partial charge in [-0.25, -0.2) is 5.01 Å². The van der Waals surface area contributed by atoms with Crippen LogP contribution < -0.4 is 14.8 Å². The summed E-state index contributed by atoms with van der Waals surface area (Å²) in [7, 11) is 3.25. The fourth-order valence-corrected chi connectivity index (χ4v) is 6.44. The van der Waals surface area contributed by atoms with Crippen LogP contribution in [-0.4, -0.2) is 57.3 Å². The molecule has 45 heavy (non-hydrogen) atoms. The molecule has 0 saturated carbocycles. The summed E-state index contributed by atoms with van der Waals surface area (Å²) in [5, 5.41) is 20.5. The Labute approximate surface area is 268 Å². The van der Waals surface area contributed by atoms with Crippen molar-refractivity contribution in [1.29, 1.82) is 0 Å². The number of hydrogen-bond acceptors (Lipinski definition) is 9. The molecule has 5 aromatic rings. The highest BCUT2D eigenvalue weighted by atomic mass is 32.2. The van der Waals surface area contributed by atoms with Crippen molar-refractivity contribution in [3.05, 3.63) is 118 Å². The number of hydrazone groups is 1. The number of para-hydroxylation sites is 1. The monoisotopic (exact) mass is 638 g/mol. The molecule has 0 unspecified atom stereocenters. The van der Waals surface area contributed by atoms with E-state index in [1.54, 1.807) is 25.3 Å². The number of ether oxygens (including phenoxy) is 2. The number of aromatic nitrogens is 3. The fraction of sp³-hybridized carbons (Fsp3) is 0.182. The van der Waals surface area contributed by atoms with Gasteiger partial charge in [-0.2, -0.15) is 5.10 Å². The molecule has 0 spiro atoms. The predicted octanol–water partition coefficient (Wildman–Crippen LogP) is 5.75. The van der Waals surface area contributed by atoms with Gasteiger partial charge in [-0.3, -0.25) is 14.2 Å². The third kappa shape index (κ3) is 6.76. The molecule has 1 N–H and O–H groups in total. The van der Waals surface area contributed by atoms with E-state index < -0.39 is 0 Å². The number of amides is 2. The van der Waals surface area contributed by atoms with Crippen LogP contribution in [0.1, 0.15) is 39.1 Å². The summed E-state index contributed by atoms with van der Waals surface area (Å²) in [5.74, 6) is 1.78. The lowest BCUT2D eigenvalue weighted by Crippen LogP contribution is -2.28. The first-order valence-electron chi connectivity index (χ1n) is 14.2. The SMILES string of the molecule is COc1ccc(C2=NN(C(=O)CSc3nnc(CNC(=O)c4cccs4)n3-c3ccccc3)[C@H](c3ccc(OC)cc3)C2)cc1. The third-order valence-electron chi connectivity index (χ3n) is 7.28. The molecular weight excluding hydrogens is 609 g/mol. The van der Waals surface area contributed by atoms with Crippen LogP contribution in [0.15, 0.2) is 107 Å². The number of nitrogens with one attached hydrogen (secondary N) is 1. The van der Waals surface area contributed by atoms with E-state index in [2.05, 4.69) is 15.5 Å². The standard InChI is InChI=1S/C33H30N6O4S2/c1-42-25-14-10-22(11-15-25)27-19-28(23-12-16-26(43-2)17-13-23)39(37-27)31(40)21-45-33-36-35-30(38(33)24-7-4-3-5-8-24)20-34-32(41)29-9-6-18-44-29/h3-18,28H,19-21H2,1-2H3,(H,34,41)/t28-/m0/s1. The Morgan fingerprint density at radius 3 is 2.29 bits per heavy atom. The molecule has 0 aliphatic carbocycles. The summed E-state index contributed by atoms with van der Waals surface area (Å²) in [6, 6.07) is 28.3. The summed E-state index contributed by atoms with van der Waals surface area (Å²) in [5.41, 5.74) is 3.52. The summed E-state index contributed by atoms with van der Waals surface area (Å²) in [6.07, 6.45) is 0.559. The Hall–Kier alpha value is -4.94. The predicted molar refractivity (Wildman–Crippen MR) is 174 cm³/mol. The van der Waals surface area contributed by atoms with Crippen LogP contribution in [0.25, 0.3) is 5.69 Å². The smallest absolute Gasteiger partial charge is 0.261 e. The van der Waals surface area contributed by atoms with Gasteiger partial charge in [0.05, 0.1) is 43.1 Å². The van der Waals surface area contributed by atoms with Gasteiger partial charge in [0.2, 0.25) is 0 Å². The van der Waals surface area contributed by atoms with Gasteiger partial charge < -0.3 is 14.8 Å². The molecule has 6 rings (SSSR count). The first-order chi connectivity index (χ1) is 22.0. The van der Waals surface area contributed by atoms with Crippen LogP contribution in [-0.2, 0) is 11.3 Å². The molecule has 1 atom stereocenters. The van der Waals surface area contributed by atoms with Crippen molar-refractivity contribution < 1.29 is 19.1 Å². The molecule has 0 fully saturated rings. The minimum absolute atomic E-state index is 0.0819. The first kappa shape index (κ1) is 30.1. The Morgan fingerprint density at radius 2 is 1.62 bits per heavy atom. The van der Waals surface area contributed by atoms with E-state index >= 15 is 0 Å². The normalized spacial score (nSPS) is 14.2. The van der Waals surface area contributed by atoms with E-state index in [0.29, 0.717) is 22.3 Å². The largest absolute Gasteiger partial charge is 0.497 e. The van der Waals surface area contributed by atoms with Crippen LogP contribution in [0.3, 0.4) is 0 Å². The van der Waals surface area contributed by atoms with E-state index in [9.17, 15) is 9.59 Å². The summed E-state index contributed by atoms with van der Waals surface area (Å²) in [4.78, 5) is 27.1. The molecule has 3 aromatic carbocycles. The molecule has 2 amide bonds. The van der Waals surface area contributed by atoms with Gasteiger partial charge >= 0.3 is 0 Å². The molecule has 1 aliphatic rings. The highest BCUT2D eigenvalue weighted by Crippen LogP contribution is 2.35. The minimum Gasteiger partial charge on any atom is -0.497 e. The Bertz CT molecular complexity index is 1790. The maximum Gasteiger partial charge on any atom is 0.261 e. The maximum atomic E-state index is 13.8. The van der Waals surface area contributed by atoms with E-state index in [1.807, 2.05) is 94.9 Å². The van der Waals surface area contributed by atoms with Crippen LogP contribution in [0.5, 0.6) is 11.5 Å². The van der Waals surface area contributed by atoms with Crippen molar-refractivity contribution in [2.45, 2.75) is 24.2 Å². The van der Waals surface area contributed by atoms with Crippen molar-refractivity contribution in [2.75, 3.05) is 20.0 Å². The highest BCUT2D eigenvalue weighted by Gasteiger charge is 2.33. The van der Waals surface area contributed by atoms with Gasteiger partial charge in [0.25, 0.3) is 11.8 Å². The van der Waals surface area contributed by atoms with Gasteiger partial charge in [0, 0.05) is 12.1 Å². The zero-order valence-electron chi connectivity index (χ0n) is 24.6. The Morgan fingerprint density at radius 1 is 0.911 bits per heavy atom. The number of nitrogens with zero attached hydrogens (tertiary/aromatic N) is 5. The molecule has 2 aromatic heterocycles. The molecule has 0 bridgehead atoms. The minimum atomic E-state index is -0.281. The number of thiophene rings is 1. The second-order valence-electron chi connectivity index (χ2n) is 10.0. The van der Waals surface area contributed by atoms with Gasteiger partial charge in [0.15, 0.2) is 11.0 Å². The summed E-state index contributed by atoms with van der Waals surface area (Å²) < 4.78 is 12.5. The average Bonchev–Trinajstić information content (AvgIpc) is 3.87. The molecule has 1 aliphatic heterocycles. The number of hydrogen-bond donors (Lipinski definition) is 1. The highest BCUT2D eigenvalue weighted by molar-refractivity contribution is 7.99. The van der Waals surface area contributed by atoms with Crippen molar-refractivity contribution in [2.24, 2.45) is 5.10 Å². The lowest BCUT2D eigenvalue weighted by atomic mass is 9.98. The first-order valence-corrected chi connectivity index (χ1v) is 16.0. The molecular formula is C33H30N6O4S2. The molecule has 10 nitrogen and oxygen atoms in total. The number of carbonyl (C=O) groups excluding carboxylic acids is 2. The second-order valence-corrected chi connectivity index (χ2v) is 11.9. The number of benzene rings is 3. The summed E-state index contributed by atoms with van der Waals surface area (Å²) >= 11 is 2.65. The van der Waals surface area contributed by atoms with E-state index in [0.717, 1.165) is 34.0 Å². The molecule has 228 valence electrons. The molecule has 3 heterocycles. The van der Waals surface area contributed by atoms with Gasteiger partial charge in [0.1, 0.15) is 11.5 Å².